The maximum Gasteiger partial charge on any atom is 0.295 e. The van der Waals surface area contributed by atoms with Crippen molar-refractivity contribution in [2.45, 2.75) is 19.4 Å². The minimum absolute atomic E-state index is 0.0564. The Bertz CT molecular complexity index is 1440. The van der Waals surface area contributed by atoms with E-state index in [1.54, 1.807) is 30.3 Å². The molecule has 1 aliphatic heterocycles. The first-order valence-corrected chi connectivity index (χ1v) is 11.5. The molecule has 6 heteroatoms. The molecule has 34 heavy (non-hydrogen) atoms. The number of aromatic amines is 1. The van der Waals surface area contributed by atoms with Gasteiger partial charge in [-0.05, 0) is 36.6 Å². The van der Waals surface area contributed by atoms with Crippen LogP contribution in [0.1, 0.15) is 28.3 Å². The third-order valence-electron chi connectivity index (χ3n) is 6.36. The van der Waals surface area contributed by atoms with Gasteiger partial charge in [-0.2, -0.15) is 0 Å². The molecule has 0 bridgehead atoms. The number of benzene rings is 3. The number of carbonyl (C=O) groups is 2. The van der Waals surface area contributed by atoms with Crippen LogP contribution in [-0.2, 0) is 16.0 Å². The monoisotopic (exact) mass is 470 g/mol. The number of halogens is 1. The summed E-state index contributed by atoms with van der Waals surface area (Å²) in [5, 5.41) is 12.7. The number of rotatable bonds is 5. The first kappa shape index (κ1) is 22.0. The van der Waals surface area contributed by atoms with Crippen molar-refractivity contribution < 1.29 is 14.7 Å². The lowest BCUT2D eigenvalue weighted by Gasteiger charge is -2.26. The summed E-state index contributed by atoms with van der Waals surface area (Å²) >= 11 is 6.52. The van der Waals surface area contributed by atoms with Crippen molar-refractivity contribution in [3.05, 3.63) is 112 Å². The number of ketones is 1. The predicted molar refractivity (Wildman–Crippen MR) is 134 cm³/mol. The number of aryl methyl sites for hydroxylation is 1. The molecule has 4 aromatic rings. The molecule has 1 aromatic heterocycles. The van der Waals surface area contributed by atoms with Crippen molar-refractivity contribution in [3.8, 4) is 0 Å². The van der Waals surface area contributed by atoms with E-state index in [2.05, 4.69) is 4.98 Å². The Hall–Kier alpha value is -3.83. The lowest BCUT2D eigenvalue weighted by atomic mass is 9.95. The van der Waals surface area contributed by atoms with E-state index in [0.29, 0.717) is 29.1 Å². The molecule has 1 saturated heterocycles. The number of carbonyl (C=O) groups excluding carboxylic acids is 2. The normalized spacial score (nSPS) is 17.6. The van der Waals surface area contributed by atoms with Crippen LogP contribution in [0.4, 0.5) is 0 Å². The van der Waals surface area contributed by atoms with Gasteiger partial charge in [-0.25, -0.2) is 0 Å². The summed E-state index contributed by atoms with van der Waals surface area (Å²) < 4.78 is 0. The third-order valence-corrected chi connectivity index (χ3v) is 6.71. The van der Waals surface area contributed by atoms with E-state index in [0.717, 1.165) is 22.0 Å². The number of Topliss-reactive ketones (excluding diaryl/α,β-unsaturated/α-hetero) is 1. The number of para-hydroxylation sites is 1. The minimum atomic E-state index is -0.778. The molecule has 0 spiro atoms. The Kier molecular flexibility index (Phi) is 5.72. The van der Waals surface area contributed by atoms with E-state index in [-0.39, 0.29) is 11.3 Å². The fourth-order valence-corrected chi connectivity index (χ4v) is 4.82. The van der Waals surface area contributed by atoms with Crippen LogP contribution in [0, 0.1) is 6.92 Å². The zero-order valence-electron chi connectivity index (χ0n) is 18.6. The second-order valence-corrected chi connectivity index (χ2v) is 8.90. The molecule has 0 saturated carbocycles. The molecular formula is C28H23ClN2O3. The van der Waals surface area contributed by atoms with Gasteiger partial charge in [0.2, 0.25) is 0 Å². The summed E-state index contributed by atoms with van der Waals surface area (Å²) in [6, 6.07) is 21.5. The summed E-state index contributed by atoms with van der Waals surface area (Å²) in [7, 11) is 0. The smallest absolute Gasteiger partial charge is 0.295 e. The average molecular weight is 471 g/mol. The SMILES string of the molecule is Cc1ccc(C(O)=C2C(=O)C(=O)N(CCc3c[nH]c4ccccc34)[C@@H]2c2ccccc2Cl)cc1. The molecule has 2 N–H and O–H groups in total. The van der Waals surface area contributed by atoms with Gasteiger partial charge in [-0.3, -0.25) is 9.59 Å². The van der Waals surface area contributed by atoms with E-state index in [9.17, 15) is 14.7 Å². The highest BCUT2D eigenvalue weighted by atomic mass is 35.5. The molecule has 1 aliphatic rings. The number of aromatic nitrogens is 1. The van der Waals surface area contributed by atoms with Gasteiger partial charge in [0.05, 0.1) is 11.6 Å². The zero-order valence-corrected chi connectivity index (χ0v) is 19.3. The Morgan fingerprint density at radius 2 is 1.71 bits per heavy atom. The molecule has 0 aliphatic carbocycles. The van der Waals surface area contributed by atoms with Crippen LogP contribution in [0.5, 0.6) is 0 Å². The van der Waals surface area contributed by atoms with E-state index >= 15 is 0 Å². The van der Waals surface area contributed by atoms with Gasteiger partial charge >= 0.3 is 0 Å². The lowest BCUT2D eigenvalue weighted by Crippen LogP contribution is -2.31. The Morgan fingerprint density at radius 1 is 1.00 bits per heavy atom. The van der Waals surface area contributed by atoms with Crippen LogP contribution in [0.15, 0.2) is 84.6 Å². The molecule has 3 aromatic carbocycles. The molecule has 1 fully saturated rings. The average Bonchev–Trinajstić information content (AvgIpc) is 3.37. The molecule has 2 heterocycles. The number of amides is 1. The number of hydrogen-bond acceptors (Lipinski definition) is 3. The van der Waals surface area contributed by atoms with Crippen molar-refractivity contribution in [1.82, 2.24) is 9.88 Å². The lowest BCUT2D eigenvalue weighted by molar-refractivity contribution is -0.139. The maximum atomic E-state index is 13.2. The quantitative estimate of drug-likeness (QED) is 0.220. The molecule has 0 unspecified atom stereocenters. The van der Waals surface area contributed by atoms with Gasteiger partial charge < -0.3 is 15.0 Å². The van der Waals surface area contributed by atoms with Crippen LogP contribution in [0.2, 0.25) is 5.02 Å². The predicted octanol–water partition coefficient (Wildman–Crippen LogP) is 5.79. The maximum absolute atomic E-state index is 13.2. The summed E-state index contributed by atoms with van der Waals surface area (Å²) in [5.74, 6) is -1.54. The summed E-state index contributed by atoms with van der Waals surface area (Å²) in [4.78, 5) is 31.2. The number of aliphatic hydroxyl groups excluding tert-OH is 1. The fraction of sp³-hybridized carbons (Fsp3) is 0.143. The molecule has 170 valence electrons. The first-order valence-electron chi connectivity index (χ1n) is 11.1. The number of nitrogens with one attached hydrogen (secondary N) is 1. The summed E-state index contributed by atoms with van der Waals surface area (Å²) in [5.41, 5.74) is 4.24. The van der Waals surface area contributed by atoms with Gasteiger partial charge in [-0.15, -0.1) is 0 Å². The van der Waals surface area contributed by atoms with Gasteiger partial charge in [0.25, 0.3) is 11.7 Å². The number of H-pyrrole nitrogens is 1. The highest BCUT2D eigenvalue weighted by molar-refractivity contribution is 6.47. The van der Waals surface area contributed by atoms with Crippen molar-refractivity contribution in [3.63, 3.8) is 0 Å². The van der Waals surface area contributed by atoms with Crippen LogP contribution in [0.25, 0.3) is 16.7 Å². The van der Waals surface area contributed by atoms with E-state index in [4.69, 9.17) is 11.6 Å². The Balaban J connectivity index is 1.58. The van der Waals surface area contributed by atoms with Crippen LogP contribution in [0.3, 0.4) is 0 Å². The molecule has 5 nitrogen and oxygen atoms in total. The van der Waals surface area contributed by atoms with Crippen molar-refractivity contribution >= 4 is 40.0 Å². The van der Waals surface area contributed by atoms with E-state index in [1.807, 2.05) is 55.6 Å². The van der Waals surface area contributed by atoms with Gasteiger partial charge in [0.1, 0.15) is 5.76 Å². The summed E-state index contributed by atoms with van der Waals surface area (Å²) in [6.07, 6.45) is 2.47. The highest BCUT2D eigenvalue weighted by Gasteiger charge is 2.46. The fourth-order valence-electron chi connectivity index (χ4n) is 4.58. The molecule has 1 atom stereocenters. The highest BCUT2D eigenvalue weighted by Crippen LogP contribution is 2.42. The first-order chi connectivity index (χ1) is 16.5. The molecule has 5 rings (SSSR count). The van der Waals surface area contributed by atoms with Crippen molar-refractivity contribution in [2.75, 3.05) is 6.54 Å². The minimum Gasteiger partial charge on any atom is -0.507 e. The van der Waals surface area contributed by atoms with Gasteiger partial charge in [0, 0.05) is 34.2 Å². The summed E-state index contributed by atoms with van der Waals surface area (Å²) in [6.45, 7) is 2.24. The number of fused-ring (bicyclic) bond motifs is 1. The molecule has 0 radical (unpaired) electrons. The number of nitrogens with zero attached hydrogens (tertiary/aromatic N) is 1. The molecular weight excluding hydrogens is 448 g/mol. The third kappa shape index (κ3) is 3.78. The second-order valence-electron chi connectivity index (χ2n) is 8.49. The van der Waals surface area contributed by atoms with Gasteiger partial charge in [-0.1, -0.05) is 77.8 Å². The second kappa shape index (κ2) is 8.84. The van der Waals surface area contributed by atoms with Crippen molar-refractivity contribution in [1.29, 1.82) is 0 Å². The Morgan fingerprint density at radius 3 is 2.47 bits per heavy atom. The van der Waals surface area contributed by atoms with Gasteiger partial charge in [0.15, 0.2) is 0 Å². The largest absolute Gasteiger partial charge is 0.507 e. The van der Waals surface area contributed by atoms with Crippen molar-refractivity contribution in [2.24, 2.45) is 0 Å². The zero-order chi connectivity index (χ0) is 23.8. The molecule has 1 amide bonds. The van der Waals surface area contributed by atoms with E-state index in [1.165, 1.54) is 4.90 Å². The van der Waals surface area contributed by atoms with Crippen LogP contribution >= 0.6 is 11.6 Å². The number of aliphatic hydroxyl groups is 1. The number of hydrogen-bond donors (Lipinski definition) is 2. The number of likely N-dealkylation sites (tertiary alicyclic amines) is 1. The van der Waals surface area contributed by atoms with E-state index < -0.39 is 17.7 Å². The topological polar surface area (TPSA) is 73.4 Å². The standard InChI is InChI=1S/C28H23ClN2O3/c1-17-10-12-18(13-11-17)26(32)24-25(21-7-2-4-8-22(21)29)31(28(34)27(24)33)15-14-19-16-30-23-9-5-3-6-20(19)23/h2-13,16,25,30,32H,14-15H2,1H3/t25-/m1/s1. The Labute approximate surface area is 202 Å². The van der Waals surface area contributed by atoms with Crippen LogP contribution < -0.4 is 0 Å². The van der Waals surface area contributed by atoms with Crippen LogP contribution in [-0.4, -0.2) is 33.2 Å².